The molecule has 0 radical (unpaired) electrons. The Hall–Kier alpha value is -2.06. The first kappa shape index (κ1) is 13.4. The Bertz CT molecular complexity index is 522. The Labute approximate surface area is 112 Å². The number of nitriles is 1. The largest absolute Gasteiger partial charge is 0.495 e. The topological polar surface area (TPSA) is 71.3 Å². The summed E-state index contributed by atoms with van der Waals surface area (Å²) in [5, 5.41) is 11.6. The molecule has 1 aliphatic rings. The average Bonchev–Trinajstić information content (AvgIpc) is 2.86. The van der Waals surface area contributed by atoms with Crippen molar-refractivity contribution in [2.24, 2.45) is 0 Å². The SMILES string of the molecule is COc1cc(C#N)ccc1NC(=O)C1CCC(C)O1. The van der Waals surface area contributed by atoms with Gasteiger partial charge in [-0.1, -0.05) is 0 Å². The molecule has 0 saturated carbocycles. The summed E-state index contributed by atoms with van der Waals surface area (Å²) in [6.45, 7) is 1.95. The van der Waals surface area contributed by atoms with Gasteiger partial charge in [-0.3, -0.25) is 4.79 Å². The van der Waals surface area contributed by atoms with Crippen LogP contribution in [0.25, 0.3) is 0 Å². The first-order valence-electron chi connectivity index (χ1n) is 6.18. The van der Waals surface area contributed by atoms with Crippen LogP contribution in [0.4, 0.5) is 5.69 Å². The van der Waals surface area contributed by atoms with Gasteiger partial charge in [0.2, 0.25) is 0 Å². The van der Waals surface area contributed by atoms with E-state index in [2.05, 4.69) is 5.32 Å². The van der Waals surface area contributed by atoms with Crippen LogP contribution in [0.1, 0.15) is 25.3 Å². The molecular formula is C14H16N2O3. The van der Waals surface area contributed by atoms with Gasteiger partial charge in [0.15, 0.2) is 0 Å². The fourth-order valence-electron chi connectivity index (χ4n) is 2.07. The van der Waals surface area contributed by atoms with Gasteiger partial charge in [0.1, 0.15) is 11.9 Å². The second-order valence-corrected chi connectivity index (χ2v) is 4.53. The first-order chi connectivity index (χ1) is 9.13. The van der Waals surface area contributed by atoms with E-state index in [1.54, 1.807) is 18.2 Å². The van der Waals surface area contributed by atoms with Crippen LogP contribution in [0.2, 0.25) is 0 Å². The second kappa shape index (κ2) is 5.72. The van der Waals surface area contributed by atoms with Crippen molar-refractivity contribution < 1.29 is 14.3 Å². The lowest BCUT2D eigenvalue weighted by Gasteiger charge is -2.14. The molecule has 2 unspecified atom stereocenters. The van der Waals surface area contributed by atoms with Crippen LogP contribution in [0, 0.1) is 11.3 Å². The zero-order valence-corrected chi connectivity index (χ0v) is 11.0. The number of carbonyl (C=O) groups excluding carboxylic acids is 1. The number of methoxy groups -OCH3 is 1. The summed E-state index contributed by atoms with van der Waals surface area (Å²) in [6.07, 6.45) is 1.34. The van der Waals surface area contributed by atoms with E-state index in [4.69, 9.17) is 14.7 Å². The molecule has 1 saturated heterocycles. The van der Waals surface area contributed by atoms with Crippen LogP contribution < -0.4 is 10.1 Å². The monoisotopic (exact) mass is 260 g/mol. The second-order valence-electron chi connectivity index (χ2n) is 4.53. The molecule has 1 aromatic carbocycles. The highest BCUT2D eigenvalue weighted by Gasteiger charge is 2.28. The molecule has 1 aromatic rings. The molecule has 2 rings (SSSR count). The molecule has 1 fully saturated rings. The normalized spacial score (nSPS) is 21.7. The molecule has 19 heavy (non-hydrogen) atoms. The molecular weight excluding hydrogens is 244 g/mol. The lowest BCUT2D eigenvalue weighted by atomic mass is 10.1. The maximum Gasteiger partial charge on any atom is 0.253 e. The molecule has 1 N–H and O–H groups in total. The smallest absolute Gasteiger partial charge is 0.253 e. The number of anilines is 1. The minimum atomic E-state index is -0.407. The predicted octanol–water partition coefficient (Wildman–Crippen LogP) is 2.07. The minimum absolute atomic E-state index is 0.124. The minimum Gasteiger partial charge on any atom is -0.495 e. The van der Waals surface area contributed by atoms with Crippen molar-refractivity contribution in [2.45, 2.75) is 32.0 Å². The number of nitrogens with zero attached hydrogens (tertiary/aromatic N) is 1. The van der Waals surface area contributed by atoms with Crippen molar-refractivity contribution in [3.05, 3.63) is 23.8 Å². The number of hydrogen-bond acceptors (Lipinski definition) is 4. The number of amides is 1. The molecule has 0 bridgehead atoms. The molecule has 0 aliphatic carbocycles. The number of hydrogen-bond donors (Lipinski definition) is 1. The van der Waals surface area contributed by atoms with E-state index in [9.17, 15) is 4.79 Å². The van der Waals surface area contributed by atoms with Gasteiger partial charge in [-0.2, -0.15) is 5.26 Å². The van der Waals surface area contributed by atoms with Crippen LogP contribution in [-0.2, 0) is 9.53 Å². The summed E-state index contributed by atoms with van der Waals surface area (Å²) in [5.41, 5.74) is 1.04. The van der Waals surface area contributed by atoms with E-state index in [0.29, 0.717) is 17.0 Å². The number of ether oxygens (including phenoxy) is 2. The molecule has 1 aliphatic heterocycles. The summed E-state index contributed by atoms with van der Waals surface area (Å²) in [5.74, 6) is 0.297. The number of nitrogens with one attached hydrogen (secondary N) is 1. The van der Waals surface area contributed by atoms with Crippen molar-refractivity contribution in [1.29, 1.82) is 5.26 Å². The molecule has 0 spiro atoms. The van der Waals surface area contributed by atoms with Gasteiger partial charge in [-0.15, -0.1) is 0 Å². The van der Waals surface area contributed by atoms with Crippen LogP contribution in [0.15, 0.2) is 18.2 Å². The number of benzene rings is 1. The van der Waals surface area contributed by atoms with Crippen molar-refractivity contribution >= 4 is 11.6 Å². The van der Waals surface area contributed by atoms with Crippen molar-refractivity contribution in [3.8, 4) is 11.8 Å². The fourth-order valence-corrected chi connectivity index (χ4v) is 2.07. The van der Waals surface area contributed by atoms with Crippen LogP contribution >= 0.6 is 0 Å². The molecule has 1 amide bonds. The third kappa shape index (κ3) is 3.04. The Morgan fingerprint density at radius 2 is 2.32 bits per heavy atom. The maximum atomic E-state index is 12.0. The quantitative estimate of drug-likeness (QED) is 0.903. The van der Waals surface area contributed by atoms with Gasteiger partial charge in [-0.05, 0) is 31.9 Å². The molecule has 5 nitrogen and oxygen atoms in total. The third-order valence-electron chi connectivity index (χ3n) is 3.11. The lowest BCUT2D eigenvalue weighted by Crippen LogP contribution is -2.27. The van der Waals surface area contributed by atoms with E-state index in [1.807, 2.05) is 13.0 Å². The van der Waals surface area contributed by atoms with Gasteiger partial charge in [0.05, 0.1) is 30.5 Å². The summed E-state index contributed by atoms with van der Waals surface area (Å²) in [7, 11) is 1.50. The Kier molecular flexibility index (Phi) is 4.03. The number of carbonyl (C=O) groups is 1. The Morgan fingerprint density at radius 1 is 1.53 bits per heavy atom. The zero-order chi connectivity index (χ0) is 13.8. The molecule has 1 heterocycles. The molecule has 5 heteroatoms. The lowest BCUT2D eigenvalue weighted by molar-refractivity contribution is -0.126. The highest BCUT2D eigenvalue weighted by Crippen LogP contribution is 2.27. The first-order valence-corrected chi connectivity index (χ1v) is 6.18. The van der Waals surface area contributed by atoms with E-state index in [1.165, 1.54) is 7.11 Å². The summed E-state index contributed by atoms with van der Waals surface area (Å²) < 4.78 is 10.7. The van der Waals surface area contributed by atoms with Crippen molar-refractivity contribution in [1.82, 2.24) is 0 Å². The molecule has 2 atom stereocenters. The standard InChI is InChI=1S/C14H16N2O3/c1-9-3-6-12(19-9)14(17)16-11-5-4-10(8-15)7-13(11)18-2/h4-5,7,9,12H,3,6H2,1-2H3,(H,16,17). The van der Waals surface area contributed by atoms with Gasteiger partial charge >= 0.3 is 0 Å². The summed E-state index contributed by atoms with van der Waals surface area (Å²) in [6, 6.07) is 6.91. The van der Waals surface area contributed by atoms with Gasteiger partial charge in [0, 0.05) is 6.07 Å². The molecule has 0 aromatic heterocycles. The maximum absolute atomic E-state index is 12.0. The van der Waals surface area contributed by atoms with Crippen LogP contribution in [0.5, 0.6) is 5.75 Å². The number of rotatable bonds is 3. The average molecular weight is 260 g/mol. The molecule has 100 valence electrons. The fraction of sp³-hybridized carbons (Fsp3) is 0.429. The zero-order valence-electron chi connectivity index (χ0n) is 11.0. The van der Waals surface area contributed by atoms with Crippen molar-refractivity contribution in [2.75, 3.05) is 12.4 Å². The van der Waals surface area contributed by atoms with Gasteiger partial charge in [-0.25, -0.2) is 0 Å². The Morgan fingerprint density at radius 3 is 2.89 bits per heavy atom. The van der Waals surface area contributed by atoms with Crippen LogP contribution in [-0.4, -0.2) is 25.2 Å². The Balaban J connectivity index is 2.10. The highest BCUT2D eigenvalue weighted by molar-refractivity contribution is 5.95. The summed E-state index contributed by atoms with van der Waals surface area (Å²) in [4.78, 5) is 12.0. The predicted molar refractivity (Wildman–Crippen MR) is 69.9 cm³/mol. The van der Waals surface area contributed by atoms with Gasteiger partial charge in [0.25, 0.3) is 5.91 Å². The third-order valence-corrected chi connectivity index (χ3v) is 3.11. The van der Waals surface area contributed by atoms with E-state index in [0.717, 1.165) is 12.8 Å². The van der Waals surface area contributed by atoms with E-state index < -0.39 is 6.10 Å². The van der Waals surface area contributed by atoms with Crippen molar-refractivity contribution in [3.63, 3.8) is 0 Å². The van der Waals surface area contributed by atoms with E-state index in [-0.39, 0.29) is 12.0 Å². The van der Waals surface area contributed by atoms with Gasteiger partial charge < -0.3 is 14.8 Å². The summed E-state index contributed by atoms with van der Waals surface area (Å²) >= 11 is 0. The van der Waals surface area contributed by atoms with Crippen LogP contribution in [0.3, 0.4) is 0 Å². The van der Waals surface area contributed by atoms with E-state index >= 15 is 0 Å². The highest BCUT2D eigenvalue weighted by atomic mass is 16.5.